The second kappa shape index (κ2) is 10.3. The van der Waals surface area contributed by atoms with E-state index in [1.165, 1.54) is 18.4 Å². The molecule has 0 aromatic heterocycles. The van der Waals surface area contributed by atoms with Crippen LogP contribution < -0.4 is 9.47 Å². The fourth-order valence-corrected chi connectivity index (χ4v) is 4.21. The van der Waals surface area contributed by atoms with Crippen molar-refractivity contribution in [2.45, 2.75) is 51.6 Å². The number of nitrogens with zero attached hydrogens (tertiary/aromatic N) is 1. The second-order valence-electron chi connectivity index (χ2n) is 9.51. The van der Waals surface area contributed by atoms with Crippen molar-refractivity contribution in [3.63, 3.8) is 0 Å². The molecule has 0 radical (unpaired) electrons. The number of methoxy groups -OCH3 is 1. The Kier molecular flexibility index (Phi) is 7.79. The molecule has 0 amide bonds. The van der Waals surface area contributed by atoms with Gasteiger partial charge in [0.1, 0.15) is 24.2 Å². The van der Waals surface area contributed by atoms with Gasteiger partial charge in [0.15, 0.2) is 0 Å². The molecule has 1 atom stereocenters. The van der Waals surface area contributed by atoms with E-state index in [0.29, 0.717) is 13.2 Å². The standard InChI is InChI=1S/C26H37NO3/c1-26(2,3)24-17-23(29-4)10-11-25(24)30-19-22(28)18-27-14-12-21(13-15-27)16-20-8-6-5-7-9-20/h5-11,17,21-22,28H,12-16,18-19H2,1-4H3. The van der Waals surface area contributed by atoms with Crippen molar-refractivity contribution in [2.24, 2.45) is 5.92 Å². The van der Waals surface area contributed by atoms with Crippen LogP contribution in [0.3, 0.4) is 0 Å². The number of hydrogen-bond acceptors (Lipinski definition) is 4. The van der Waals surface area contributed by atoms with E-state index < -0.39 is 6.10 Å². The van der Waals surface area contributed by atoms with Gasteiger partial charge in [0.05, 0.1) is 7.11 Å². The molecule has 0 aliphatic carbocycles. The monoisotopic (exact) mass is 411 g/mol. The fraction of sp³-hybridized carbons (Fsp3) is 0.538. The molecule has 2 aromatic carbocycles. The van der Waals surface area contributed by atoms with Gasteiger partial charge in [-0.15, -0.1) is 0 Å². The number of rotatable bonds is 8. The van der Waals surface area contributed by atoms with Crippen molar-refractivity contribution >= 4 is 0 Å². The maximum Gasteiger partial charge on any atom is 0.123 e. The quantitative estimate of drug-likeness (QED) is 0.684. The summed E-state index contributed by atoms with van der Waals surface area (Å²) in [7, 11) is 1.68. The summed E-state index contributed by atoms with van der Waals surface area (Å²) in [5, 5.41) is 10.6. The number of piperidine rings is 1. The highest BCUT2D eigenvalue weighted by atomic mass is 16.5. The van der Waals surface area contributed by atoms with Crippen LogP contribution in [0.5, 0.6) is 11.5 Å². The molecule has 0 bridgehead atoms. The first-order valence-corrected chi connectivity index (χ1v) is 11.1. The van der Waals surface area contributed by atoms with Crippen molar-refractivity contribution in [2.75, 3.05) is 33.4 Å². The molecule has 4 heteroatoms. The highest BCUT2D eigenvalue weighted by molar-refractivity contribution is 5.44. The Morgan fingerprint density at radius 3 is 2.40 bits per heavy atom. The zero-order valence-electron chi connectivity index (χ0n) is 18.9. The largest absolute Gasteiger partial charge is 0.497 e. The van der Waals surface area contributed by atoms with Gasteiger partial charge in [0, 0.05) is 12.1 Å². The van der Waals surface area contributed by atoms with Gasteiger partial charge in [-0.1, -0.05) is 51.1 Å². The minimum atomic E-state index is -0.495. The fourth-order valence-electron chi connectivity index (χ4n) is 4.21. The molecular weight excluding hydrogens is 374 g/mol. The SMILES string of the molecule is COc1ccc(OCC(O)CN2CCC(Cc3ccccc3)CC2)c(C(C)(C)C)c1. The van der Waals surface area contributed by atoms with Crippen LogP contribution in [0.25, 0.3) is 0 Å². The molecule has 1 unspecified atom stereocenters. The molecule has 1 fully saturated rings. The smallest absolute Gasteiger partial charge is 0.123 e. The van der Waals surface area contributed by atoms with Crippen LogP contribution in [0, 0.1) is 5.92 Å². The molecule has 3 rings (SSSR count). The van der Waals surface area contributed by atoms with Crippen molar-refractivity contribution in [1.29, 1.82) is 0 Å². The predicted octanol–water partition coefficient (Wildman–Crippen LogP) is 4.69. The van der Waals surface area contributed by atoms with Gasteiger partial charge in [-0.2, -0.15) is 0 Å². The van der Waals surface area contributed by atoms with E-state index >= 15 is 0 Å². The number of aliphatic hydroxyl groups excluding tert-OH is 1. The molecule has 1 aliphatic heterocycles. The number of likely N-dealkylation sites (tertiary alicyclic amines) is 1. The minimum Gasteiger partial charge on any atom is -0.497 e. The van der Waals surface area contributed by atoms with Crippen molar-refractivity contribution in [3.8, 4) is 11.5 Å². The maximum absolute atomic E-state index is 10.6. The summed E-state index contributed by atoms with van der Waals surface area (Å²) < 4.78 is 11.4. The third-order valence-electron chi connectivity index (χ3n) is 5.97. The number of hydrogen-bond donors (Lipinski definition) is 1. The van der Waals surface area contributed by atoms with E-state index in [1.807, 2.05) is 18.2 Å². The van der Waals surface area contributed by atoms with Crippen LogP contribution >= 0.6 is 0 Å². The molecule has 2 aromatic rings. The first-order chi connectivity index (χ1) is 14.3. The van der Waals surface area contributed by atoms with Gasteiger partial charge >= 0.3 is 0 Å². The van der Waals surface area contributed by atoms with Crippen LogP contribution in [0.4, 0.5) is 0 Å². The lowest BCUT2D eigenvalue weighted by Crippen LogP contribution is -2.41. The molecule has 164 valence electrons. The molecule has 1 saturated heterocycles. The van der Waals surface area contributed by atoms with E-state index in [9.17, 15) is 5.11 Å². The first kappa shape index (κ1) is 22.6. The van der Waals surface area contributed by atoms with E-state index in [1.54, 1.807) is 7.11 Å². The highest BCUT2D eigenvalue weighted by Crippen LogP contribution is 2.34. The Hall–Kier alpha value is -2.04. The Labute approximate surface area is 181 Å². The number of benzene rings is 2. The van der Waals surface area contributed by atoms with E-state index in [0.717, 1.165) is 42.5 Å². The number of ether oxygens (including phenoxy) is 2. The van der Waals surface area contributed by atoms with Gasteiger partial charge < -0.3 is 19.5 Å². The molecule has 1 N–H and O–H groups in total. The minimum absolute atomic E-state index is 0.0601. The Morgan fingerprint density at radius 1 is 1.07 bits per heavy atom. The summed E-state index contributed by atoms with van der Waals surface area (Å²) in [5.74, 6) is 2.39. The van der Waals surface area contributed by atoms with E-state index in [2.05, 4.69) is 56.0 Å². The third-order valence-corrected chi connectivity index (χ3v) is 5.97. The highest BCUT2D eigenvalue weighted by Gasteiger charge is 2.23. The molecule has 1 heterocycles. The van der Waals surface area contributed by atoms with Crippen LogP contribution in [-0.4, -0.2) is 49.5 Å². The average molecular weight is 412 g/mol. The van der Waals surface area contributed by atoms with Crippen molar-refractivity contribution in [3.05, 3.63) is 59.7 Å². The average Bonchev–Trinajstić information content (AvgIpc) is 2.73. The molecule has 4 nitrogen and oxygen atoms in total. The van der Waals surface area contributed by atoms with Crippen LogP contribution in [0.2, 0.25) is 0 Å². The summed E-state index contributed by atoms with van der Waals surface area (Å²) in [6.45, 7) is 9.53. The molecule has 1 aliphatic rings. The van der Waals surface area contributed by atoms with Crippen LogP contribution in [0.15, 0.2) is 48.5 Å². The summed E-state index contributed by atoms with van der Waals surface area (Å²) in [6, 6.07) is 16.6. The van der Waals surface area contributed by atoms with Gasteiger partial charge in [-0.25, -0.2) is 0 Å². The maximum atomic E-state index is 10.6. The van der Waals surface area contributed by atoms with Crippen LogP contribution in [-0.2, 0) is 11.8 Å². The van der Waals surface area contributed by atoms with Gasteiger partial charge in [-0.05, 0) is 67.4 Å². The lowest BCUT2D eigenvalue weighted by molar-refractivity contribution is 0.0545. The topological polar surface area (TPSA) is 41.9 Å². The van der Waals surface area contributed by atoms with E-state index in [4.69, 9.17) is 9.47 Å². The molecule has 30 heavy (non-hydrogen) atoms. The zero-order chi connectivity index (χ0) is 21.6. The third kappa shape index (κ3) is 6.48. The summed E-state index contributed by atoms with van der Waals surface area (Å²) in [6.07, 6.45) is 3.04. The summed E-state index contributed by atoms with van der Waals surface area (Å²) in [5.41, 5.74) is 2.46. The van der Waals surface area contributed by atoms with Gasteiger partial charge in [-0.3, -0.25) is 0 Å². The number of β-amino-alcohol motifs (C(OH)–C–C–N with tert-alkyl or cyclic N) is 1. The Bertz CT molecular complexity index is 777. The molecular formula is C26H37NO3. The molecule has 0 saturated carbocycles. The number of aliphatic hydroxyl groups is 1. The van der Waals surface area contributed by atoms with Gasteiger partial charge in [0.25, 0.3) is 0 Å². The molecule has 0 spiro atoms. The first-order valence-electron chi connectivity index (χ1n) is 11.1. The lowest BCUT2D eigenvalue weighted by atomic mass is 9.86. The van der Waals surface area contributed by atoms with Gasteiger partial charge in [0.2, 0.25) is 0 Å². The van der Waals surface area contributed by atoms with E-state index in [-0.39, 0.29) is 5.41 Å². The van der Waals surface area contributed by atoms with Crippen LogP contribution in [0.1, 0.15) is 44.7 Å². The normalized spacial score (nSPS) is 17.0. The summed E-state index contributed by atoms with van der Waals surface area (Å²) in [4.78, 5) is 2.37. The Morgan fingerprint density at radius 2 is 1.77 bits per heavy atom. The Balaban J connectivity index is 1.46. The lowest BCUT2D eigenvalue weighted by Gasteiger charge is -2.33. The second-order valence-corrected chi connectivity index (χ2v) is 9.51. The van der Waals surface area contributed by atoms with Crippen molar-refractivity contribution < 1.29 is 14.6 Å². The van der Waals surface area contributed by atoms with Crippen molar-refractivity contribution in [1.82, 2.24) is 4.90 Å². The predicted molar refractivity (Wildman–Crippen MR) is 123 cm³/mol. The zero-order valence-corrected chi connectivity index (χ0v) is 18.9. The summed E-state index contributed by atoms with van der Waals surface area (Å²) >= 11 is 0.